The van der Waals surface area contributed by atoms with Crippen molar-refractivity contribution in [1.29, 1.82) is 0 Å². The van der Waals surface area contributed by atoms with Crippen molar-refractivity contribution in [2.45, 2.75) is 12.8 Å². The van der Waals surface area contributed by atoms with E-state index in [2.05, 4.69) is 9.68 Å². The summed E-state index contributed by atoms with van der Waals surface area (Å²) in [5.74, 6) is -1.36. The molecule has 0 aliphatic carbocycles. The molecule has 0 bridgehead atoms. The zero-order valence-electron chi connectivity index (χ0n) is 6.31. The van der Waals surface area contributed by atoms with Gasteiger partial charge in [-0.15, -0.1) is 11.6 Å². The predicted molar refractivity (Wildman–Crippen MR) is 30.8 cm³/mol. The molecule has 0 N–H and O–H groups in total. The van der Waals surface area contributed by atoms with Gasteiger partial charge in [-0.25, -0.2) is 0 Å². The maximum absolute atomic E-state index is 7.00. The van der Waals surface area contributed by atoms with Crippen molar-refractivity contribution in [2.24, 2.45) is 0 Å². The van der Waals surface area contributed by atoms with Gasteiger partial charge < -0.3 is 4.52 Å². The molecule has 1 heterocycles. The fourth-order valence-corrected chi connectivity index (χ4v) is 0.500. The van der Waals surface area contributed by atoms with E-state index >= 15 is 0 Å². The number of hydrogen-bond acceptors (Lipinski definition) is 2. The first kappa shape index (κ1) is 3.51. The van der Waals surface area contributed by atoms with Gasteiger partial charge in [0.15, 0.2) is 0 Å². The number of rotatable bonds is 1. The quantitative estimate of drug-likeness (QED) is 0.546. The summed E-state index contributed by atoms with van der Waals surface area (Å²) < 4.78 is 18.6. The first-order chi connectivity index (χ1) is 4.50. The Morgan fingerprint density at radius 1 is 2.12 bits per heavy atom. The van der Waals surface area contributed by atoms with Crippen LogP contribution in [0.3, 0.4) is 0 Å². The second-order valence-electron chi connectivity index (χ2n) is 1.42. The van der Waals surface area contributed by atoms with E-state index in [4.69, 9.17) is 14.3 Å². The molecule has 0 aliphatic heterocycles. The number of aromatic nitrogens is 1. The average molecular weight is 134 g/mol. The highest BCUT2D eigenvalue weighted by molar-refractivity contribution is 6.16. The van der Waals surface area contributed by atoms with Crippen LogP contribution in [-0.2, 0) is 5.83 Å². The molecule has 8 heavy (non-hydrogen) atoms. The Morgan fingerprint density at radius 2 is 2.88 bits per heavy atom. The Hall–Kier alpha value is -0.500. The Kier molecular flexibility index (Phi) is 0.956. The lowest BCUT2D eigenvalue weighted by atomic mass is 10.4. The second-order valence-corrected chi connectivity index (χ2v) is 1.61. The third-order valence-electron chi connectivity index (χ3n) is 0.725. The second kappa shape index (κ2) is 2.18. The van der Waals surface area contributed by atoms with Gasteiger partial charge in [0.25, 0.3) is 0 Å². The number of aryl methyl sites for hydroxylation is 1. The molecule has 1 aromatic heterocycles. The van der Waals surface area contributed by atoms with Crippen molar-refractivity contribution >= 4 is 11.6 Å². The SMILES string of the molecule is [2H]C([2H])(Cl)c1cc(C)on1. The maximum Gasteiger partial charge on any atom is 0.133 e. The minimum absolute atomic E-state index is 0.117. The molecule has 1 aromatic rings. The molecule has 0 saturated heterocycles. The zero-order chi connectivity index (χ0) is 7.78. The lowest BCUT2D eigenvalue weighted by Gasteiger charge is -1.72. The minimum Gasteiger partial charge on any atom is -0.361 e. The van der Waals surface area contributed by atoms with Gasteiger partial charge in [0.1, 0.15) is 5.76 Å². The number of halogens is 1. The number of nitrogens with zero attached hydrogens (tertiary/aromatic N) is 1. The molecule has 0 radical (unpaired) electrons. The van der Waals surface area contributed by atoms with Gasteiger partial charge in [-0.2, -0.15) is 0 Å². The van der Waals surface area contributed by atoms with E-state index in [0.717, 1.165) is 0 Å². The topological polar surface area (TPSA) is 26.0 Å². The van der Waals surface area contributed by atoms with Crippen molar-refractivity contribution in [3.8, 4) is 0 Å². The van der Waals surface area contributed by atoms with Crippen LogP contribution >= 0.6 is 11.6 Å². The summed E-state index contributed by atoms with van der Waals surface area (Å²) in [5, 5.41) is 3.41. The highest BCUT2D eigenvalue weighted by Gasteiger charge is 1.94. The molecular formula is C5H6ClNO. The molecule has 0 aliphatic rings. The molecule has 0 unspecified atom stereocenters. The van der Waals surface area contributed by atoms with Crippen LogP contribution in [0.5, 0.6) is 0 Å². The van der Waals surface area contributed by atoms with Crippen LogP contribution in [0, 0.1) is 6.92 Å². The molecule has 0 atom stereocenters. The molecule has 0 fully saturated rings. The Morgan fingerprint density at radius 3 is 3.12 bits per heavy atom. The smallest absolute Gasteiger partial charge is 0.133 e. The number of alkyl halides is 1. The maximum atomic E-state index is 7.00. The van der Waals surface area contributed by atoms with Crippen LogP contribution in [0.4, 0.5) is 0 Å². The first-order valence-corrected chi connectivity index (χ1v) is 2.50. The molecule has 44 valence electrons. The van der Waals surface area contributed by atoms with Crippen LogP contribution in [-0.4, -0.2) is 5.16 Å². The molecule has 2 nitrogen and oxygen atoms in total. The Bertz CT molecular complexity index is 230. The third kappa shape index (κ3) is 1.01. The van der Waals surface area contributed by atoms with E-state index in [1.54, 1.807) is 6.92 Å². The van der Waals surface area contributed by atoms with Crippen molar-refractivity contribution in [1.82, 2.24) is 5.16 Å². The molecule has 0 aromatic carbocycles. The lowest BCUT2D eigenvalue weighted by Crippen LogP contribution is -1.70. The Balaban J connectivity index is 2.96. The summed E-state index contributed by atoms with van der Waals surface area (Å²) in [4.78, 5) is 0. The van der Waals surface area contributed by atoms with E-state index < -0.39 is 5.83 Å². The van der Waals surface area contributed by atoms with Crippen LogP contribution in [0.15, 0.2) is 10.6 Å². The van der Waals surface area contributed by atoms with E-state index in [1.807, 2.05) is 0 Å². The van der Waals surface area contributed by atoms with E-state index in [1.165, 1.54) is 6.07 Å². The Labute approximate surface area is 55.2 Å². The average Bonchev–Trinajstić information content (AvgIpc) is 2.11. The minimum atomic E-state index is -1.92. The van der Waals surface area contributed by atoms with Gasteiger partial charge in [0.05, 0.1) is 14.3 Å². The monoisotopic (exact) mass is 133 g/mol. The van der Waals surface area contributed by atoms with Gasteiger partial charge in [0, 0.05) is 6.07 Å². The molecule has 0 spiro atoms. The van der Waals surface area contributed by atoms with Crippen molar-refractivity contribution in [3.05, 3.63) is 17.5 Å². The molecule has 0 amide bonds. The zero-order valence-corrected chi connectivity index (χ0v) is 5.07. The fourth-order valence-electron chi connectivity index (χ4n) is 0.411. The summed E-state index contributed by atoms with van der Waals surface area (Å²) in [6, 6.07) is 1.47. The third-order valence-corrected chi connectivity index (χ3v) is 0.918. The summed E-state index contributed by atoms with van der Waals surface area (Å²) in [6.07, 6.45) is 0. The van der Waals surface area contributed by atoms with Crippen LogP contribution in [0.1, 0.15) is 14.2 Å². The van der Waals surface area contributed by atoms with Gasteiger partial charge in [0.2, 0.25) is 0 Å². The first-order valence-electron chi connectivity index (χ1n) is 3.13. The molecular weight excluding hydrogens is 126 g/mol. The summed E-state index contributed by atoms with van der Waals surface area (Å²) in [6.45, 7) is 1.68. The van der Waals surface area contributed by atoms with Crippen LogP contribution in [0.25, 0.3) is 0 Å². The highest BCUT2D eigenvalue weighted by Crippen LogP contribution is 2.02. The number of hydrogen-bond donors (Lipinski definition) is 0. The molecule has 1 rings (SSSR count). The lowest BCUT2D eigenvalue weighted by molar-refractivity contribution is 0.392. The van der Waals surface area contributed by atoms with Gasteiger partial charge in [-0.1, -0.05) is 5.16 Å². The van der Waals surface area contributed by atoms with Crippen molar-refractivity contribution in [2.75, 3.05) is 0 Å². The molecule has 0 saturated carbocycles. The fraction of sp³-hybridized carbons (Fsp3) is 0.400. The standard InChI is InChI=1S/C5H6ClNO/c1-4-2-5(3-6)7-8-4/h2H,3H2,1H3/i3D2. The van der Waals surface area contributed by atoms with Gasteiger partial charge in [-0.3, -0.25) is 0 Å². The molecule has 3 heteroatoms. The normalized spacial score (nSPS) is 15.2. The highest BCUT2D eigenvalue weighted by atomic mass is 35.5. The van der Waals surface area contributed by atoms with E-state index in [0.29, 0.717) is 5.76 Å². The van der Waals surface area contributed by atoms with Crippen LogP contribution < -0.4 is 0 Å². The predicted octanol–water partition coefficient (Wildman–Crippen LogP) is 1.72. The summed E-state index contributed by atoms with van der Waals surface area (Å²) in [7, 11) is 0. The van der Waals surface area contributed by atoms with Crippen molar-refractivity contribution < 1.29 is 7.26 Å². The van der Waals surface area contributed by atoms with E-state index in [9.17, 15) is 0 Å². The largest absolute Gasteiger partial charge is 0.361 e. The van der Waals surface area contributed by atoms with E-state index in [-0.39, 0.29) is 5.69 Å². The van der Waals surface area contributed by atoms with Gasteiger partial charge >= 0.3 is 0 Å². The summed E-state index contributed by atoms with van der Waals surface area (Å²) in [5.41, 5.74) is 0.117. The van der Waals surface area contributed by atoms with Crippen LogP contribution in [0.2, 0.25) is 0 Å². The summed E-state index contributed by atoms with van der Waals surface area (Å²) >= 11 is 5.28. The van der Waals surface area contributed by atoms with Gasteiger partial charge in [-0.05, 0) is 6.92 Å². The van der Waals surface area contributed by atoms with Crippen molar-refractivity contribution in [3.63, 3.8) is 0 Å².